The highest BCUT2D eigenvalue weighted by Gasteiger charge is 2.21. The molecule has 6 nitrogen and oxygen atoms in total. The van der Waals surface area contributed by atoms with Gasteiger partial charge in [0.15, 0.2) is 11.5 Å². The third-order valence-corrected chi connectivity index (χ3v) is 5.09. The molecule has 1 amide bonds. The molecule has 1 aliphatic rings. The van der Waals surface area contributed by atoms with E-state index < -0.39 is 0 Å². The van der Waals surface area contributed by atoms with Gasteiger partial charge in [0.2, 0.25) is 0 Å². The van der Waals surface area contributed by atoms with Crippen LogP contribution in [0.5, 0.6) is 11.5 Å². The number of fused-ring (bicyclic) bond motifs is 1. The molecular weight excluding hydrogens is 366 g/mol. The highest BCUT2D eigenvalue weighted by molar-refractivity contribution is 5.95. The van der Waals surface area contributed by atoms with Crippen LogP contribution >= 0.6 is 0 Å². The average molecular weight is 389 g/mol. The van der Waals surface area contributed by atoms with Gasteiger partial charge in [0.1, 0.15) is 0 Å². The Morgan fingerprint density at radius 2 is 1.90 bits per heavy atom. The van der Waals surface area contributed by atoms with Gasteiger partial charge in [-0.3, -0.25) is 9.78 Å². The minimum absolute atomic E-state index is 0.165. The van der Waals surface area contributed by atoms with E-state index in [0.717, 1.165) is 24.2 Å². The molecule has 1 aromatic heterocycles. The van der Waals surface area contributed by atoms with E-state index in [-0.39, 0.29) is 5.91 Å². The summed E-state index contributed by atoms with van der Waals surface area (Å²) in [4.78, 5) is 19.2. The lowest BCUT2D eigenvalue weighted by Crippen LogP contribution is -2.23. The number of carbonyl (C=O) groups is 1. The van der Waals surface area contributed by atoms with Crippen LogP contribution in [0, 0.1) is 0 Å². The molecule has 6 heteroatoms. The Morgan fingerprint density at radius 3 is 2.72 bits per heavy atom. The summed E-state index contributed by atoms with van der Waals surface area (Å²) in [5.74, 6) is 1.13. The van der Waals surface area contributed by atoms with Gasteiger partial charge in [0.05, 0.1) is 31.7 Å². The molecule has 0 saturated heterocycles. The van der Waals surface area contributed by atoms with E-state index in [9.17, 15) is 4.79 Å². The predicted octanol–water partition coefficient (Wildman–Crippen LogP) is 3.72. The van der Waals surface area contributed by atoms with Crippen molar-refractivity contribution in [3.63, 3.8) is 0 Å². The van der Waals surface area contributed by atoms with E-state index in [1.54, 1.807) is 26.6 Å². The monoisotopic (exact) mass is 389 g/mol. The summed E-state index contributed by atoms with van der Waals surface area (Å²) in [6.07, 6.45) is 4.38. The second-order valence-electron chi connectivity index (χ2n) is 6.83. The smallest absolute Gasteiger partial charge is 0.253 e. The van der Waals surface area contributed by atoms with Crippen LogP contribution in [-0.2, 0) is 13.0 Å². The van der Waals surface area contributed by atoms with E-state index in [0.29, 0.717) is 23.6 Å². The maximum absolute atomic E-state index is 12.7. The number of para-hydroxylation sites is 1. The minimum Gasteiger partial charge on any atom is -0.493 e. The van der Waals surface area contributed by atoms with E-state index in [4.69, 9.17) is 9.47 Å². The second-order valence-corrected chi connectivity index (χ2v) is 6.83. The number of nitrogens with zero attached hydrogens (tertiary/aromatic N) is 2. The van der Waals surface area contributed by atoms with Crippen LogP contribution in [0.15, 0.2) is 60.9 Å². The molecule has 0 bridgehead atoms. The van der Waals surface area contributed by atoms with Crippen molar-refractivity contribution in [2.75, 3.05) is 25.7 Å². The first kappa shape index (κ1) is 18.8. The van der Waals surface area contributed by atoms with Crippen molar-refractivity contribution >= 4 is 17.3 Å². The minimum atomic E-state index is -0.165. The summed E-state index contributed by atoms with van der Waals surface area (Å²) in [6.45, 7) is 1.27. The molecule has 2 aromatic carbocycles. The van der Waals surface area contributed by atoms with Gasteiger partial charge in [0.25, 0.3) is 5.91 Å². The van der Waals surface area contributed by atoms with Crippen LogP contribution < -0.4 is 19.7 Å². The van der Waals surface area contributed by atoms with Crippen molar-refractivity contribution in [3.8, 4) is 11.5 Å². The Morgan fingerprint density at radius 1 is 1.07 bits per heavy atom. The molecule has 0 saturated carbocycles. The zero-order chi connectivity index (χ0) is 20.2. The van der Waals surface area contributed by atoms with Gasteiger partial charge in [-0.1, -0.05) is 24.3 Å². The Labute approximate surface area is 170 Å². The SMILES string of the molecule is COc1ccc(CNC(=O)c2cncc(N3CCc4ccccc43)c2)cc1OC. The number of methoxy groups -OCH3 is 2. The highest BCUT2D eigenvalue weighted by atomic mass is 16.5. The number of nitrogens with one attached hydrogen (secondary N) is 1. The average Bonchev–Trinajstić information content (AvgIpc) is 3.21. The number of ether oxygens (including phenoxy) is 2. The fourth-order valence-electron chi connectivity index (χ4n) is 3.58. The summed E-state index contributed by atoms with van der Waals surface area (Å²) >= 11 is 0. The number of aromatic nitrogens is 1. The first-order valence-electron chi connectivity index (χ1n) is 9.49. The molecule has 0 atom stereocenters. The standard InChI is InChI=1S/C23H23N3O3/c1-28-21-8-7-16(11-22(21)29-2)13-25-23(27)18-12-19(15-24-14-18)26-10-9-17-5-3-4-6-20(17)26/h3-8,11-12,14-15H,9-10,13H2,1-2H3,(H,25,27). The largest absolute Gasteiger partial charge is 0.493 e. The zero-order valence-electron chi connectivity index (χ0n) is 16.5. The lowest BCUT2D eigenvalue weighted by Gasteiger charge is -2.19. The van der Waals surface area contributed by atoms with Crippen molar-refractivity contribution in [1.29, 1.82) is 0 Å². The summed E-state index contributed by atoms with van der Waals surface area (Å²) in [5.41, 5.74) is 4.88. The molecule has 1 N–H and O–H groups in total. The number of carbonyl (C=O) groups excluding carboxylic acids is 1. The van der Waals surface area contributed by atoms with Crippen LogP contribution in [0.25, 0.3) is 0 Å². The number of hydrogen-bond donors (Lipinski definition) is 1. The fraction of sp³-hybridized carbons (Fsp3) is 0.217. The lowest BCUT2D eigenvalue weighted by atomic mass is 10.1. The number of benzene rings is 2. The predicted molar refractivity (Wildman–Crippen MR) is 112 cm³/mol. The van der Waals surface area contributed by atoms with Crippen molar-refractivity contribution in [3.05, 3.63) is 77.6 Å². The normalized spacial score (nSPS) is 12.4. The second kappa shape index (κ2) is 8.22. The van der Waals surface area contributed by atoms with Crippen molar-refractivity contribution in [2.45, 2.75) is 13.0 Å². The number of anilines is 2. The molecule has 3 aromatic rings. The molecule has 2 heterocycles. The first-order chi connectivity index (χ1) is 14.2. The van der Waals surface area contributed by atoms with Crippen molar-refractivity contribution < 1.29 is 14.3 Å². The molecule has 0 fully saturated rings. The lowest BCUT2D eigenvalue weighted by molar-refractivity contribution is 0.0950. The Balaban J connectivity index is 1.47. The number of rotatable bonds is 6. The maximum Gasteiger partial charge on any atom is 0.253 e. The van der Waals surface area contributed by atoms with Crippen molar-refractivity contribution in [2.24, 2.45) is 0 Å². The van der Waals surface area contributed by atoms with E-state index in [1.807, 2.05) is 30.3 Å². The summed E-state index contributed by atoms with van der Waals surface area (Å²) < 4.78 is 10.6. The number of amides is 1. The van der Waals surface area contributed by atoms with Gasteiger partial charge in [-0.25, -0.2) is 0 Å². The van der Waals surface area contributed by atoms with Crippen molar-refractivity contribution in [1.82, 2.24) is 10.3 Å². The molecule has 0 radical (unpaired) electrons. The topological polar surface area (TPSA) is 63.7 Å². The summed E-state index contributed by atoms with van der Waals surface area (Å²) in [7, 11) is 3.19. The van der Waals surface area contributed by atoms with Crippen LogP contribution in [0.3, 0.4) is 0 Å². The van der Waals surface area contributed by atoms with Gasteiger partial charge in [-0.2, -0.15) is 0 Å². The molecule has 0 unspecified atom stereocenters. The van der Waals surface area contributed by atoms with Gasteiger partial charge < -0.3 is 19.7 Å². The Hall–Kier alpha value is -3.54. The summed E-state index contributed by atoms with van der Waals surface area (Å²) in [5, 5.41) is 2.95. The van der Waals surface area contributed by atoms with Crippen LogP contribution in [-0.4, -0.2) is 31.7 Å². The first-order valence-corrected chi connectivity index (χ1v) is 9.49. The van der Waals surface area contributed by atoms with Gasteiger partial charge in [-0.15, -0.1) is 0 Å². The molecule has 4 rings (SSSR count). The highest BCUT2D eigenvalue weighted by Crippen LogP contribution is 2.34. The Bertz CT molecular complexity index is 1040. The van der Waals surface area contributed by atoms with E-state index >= 15 is 0 Å². The zero-order valence-corrected chi connectivity index (χ0v) is 16.5. The molecule has 1 aliphatic heterocycles. The van der Waals surface area contributed by atoms with Crippen LogP contribution in [0.2, 0.25) is 0 Å². The maximum atomic E-state index is 12.7. The van der Waals surface area contributed by atoms with E-state index in [2.05, 4.69) is 33.4 Å². The molecular formula is C23H23N3O3. The van der Waals surface area contributed by atoms with Gasteiger partial charge in [0, 0.05) is 25.0 Å². The van der Waals surface area contributed by atoms with Gasteiger partial charge in [-0.05, 0) is 41.8 Å². The molecule has 0 aliphatic carbocycles. The van der Waals surface area contributed by atoms with Crippen LogP contribution in [0.1, 0.15) is 21.5 Å². The quantitative estimate of drug-likeness (QED) is 0.696. The number of hydrogen-bond acceptors (Lipinski definition) is 5. The van der Waals surface area contributed by atoms with E-state index in [1.165, 1.54) is 11.3 Å². The third-order valence-electron chi connectivity index (χ3n) is 5.09. The Kier molecular flexibility index (Phi) is 5.33. The third kappa shape index (κ3) is 3.87. The summed E-state index contributed by atoms with van der Waals surface area (Å²) in [6, 6.07) is 15.8. The van der Waals surface area contributed by atoms with Gasteiger partial charge >= 0.3 is 0 Å². The molecule has 148 valence electrons. The number of pyridine rings is 1. The fourth-order valence-corrected chi connectivity index (χ4v) is 3.58. The molecule has 29 heavy (non-hydrogen) atoms. The molecule has 0 spiro atoms. The van der Waals surface area contributed by atoms with Crippen LogP contribution in [0.4, 0.5) is 11.4 Å².